The van der Waals surface area contributed by atoms with Crippen molar-refractivity contribution in [1.29, 1.82) is 0 Å². The molecule has 6 heteroatoms. The standard InChI is InChI=1S/C15H14ClN3OS/c1-3-20-10-4-5-11-12(6-10)19-15(18-11)21-13-7-14(16)17-8-9(13)2/h4-8H,3H2,1-2H3,(H,18,19). The SMILES string of the molecule is CCOc1ccc2nc(Sc3cc(Cl)ncc3C)[nH]c2c1. The van der Waals surface area contributed by atoms with Crippen LogP contribution in [0.2, 0.25) is 5.15 Å². The summed E-state index contributed by atoms with van der Waals surface area (Å²) in [6, 6.07) is 7.69. The Morgan fingerprint density at radius 2 is 2.19 bits per heavy atom. The summed E-state index contributed by atoms with van der Waals surface area (Å²) in [5.41, 5.74) is 2.94. The lowest BCUT2D eigenvalue weighted by Crippen LogP contribution is -1.90. The lowest BCUT2D eigenvalue weighted by atomic mass is 10.3. The van der Waals surface area contributed by atoms with Crippen molar-refractivity contribution in [2.75, 3.05) is 6.61 Å². The molecule has 1 aromatic carbocycles. The number of imidazole rings is 1. The number of nitrogens with one attached hydrogen (secondary N) is 1. The third-order valence-corrected chi connectivity index (χ3v) is 4.22. The highest BCUT2D eigenvalue weighted by molar-refractivity contribution is 7.99. The first-order valence-electron chi connectivity index (χ1n) is 6.58. The van der Waals surface area contributed by atoms with Crippen LogP contribution in [0.5, 0.6) is 5.75 Å². The first-order chi connectivity index (χ1) is 10.2. The van der Waals surface area contributed by atoms with Gasteiger partial charge in [0.25, 0.3) is 0 Å². The normalized spacial score (nSPS) is 11.0. The number of aromatic nitrogens is 3. The molecule has 2 heterocycles. The zero-order chi connectivity index (χ0) is 14.8. The van der Waals surface area contributed by atoms with Crippen LogP contribution in [0.25, 0.3) is 11.0 Å². The van der Waals surface area contributed by atoms with E-state index in [2.05, 4.69) is 15.0 Å². The molecule has 0 saturated carbocycles. The van der Waals surface area contributed by atoms with Crippen LogP contribution in [0.1, 0.15) is 12.5 Å². The maximum absolute atomic E-state index is 5.95. The zero-order valence-corrected chi connectivity index (χ0v) is 13.3. The Balaban J connectivity index is 1.92. The second-order valence-corrected chi connectivity index (χ2v) is 5.95. The second-order valence-electron chi connectivity index (χ2n) is 4.53. The third kappa shape index (κ3) is 3.14. The Hall–Kier alpha value is -1.72. The molecule has 0 fully saturated rings. The van der Waals surface area contributed by atoms with Gasteiger partial charge >= 0.3 is 0 Å². The van der Waals surface area contributed by atoms with Gasteiger partial charge in [-0.25, -0.2) is 9.97 Å². The molecule has 3 aromatic rings. The Morgan fingerprint density at radius 3 is 3.00 bits per heavy atom. The van der Waals surface area contributed by atoms with Crippen molar-refractivity contribution in [3.8, 4) is 5.75 Å². The summed E-state index contributed by atoms with van der Waals surface area (Å²) >= 11 is 7.49. The van der Waals surface area contributed by atoms with Gasteiger partial charge in [0, 0.05) is 17.2 Å². The van der Waals surface area contributed by atoms with Crippen molar-refractivity contribution in [2.45, 2.75) is 23.9 Å². The summed E-state index contributed by atoms with van der Waals surface area (Å²) in [6.45, 7) is 4.62. The third-order valence-electron chi connectivity index (χ3n) is 2.97. The maximum Gasteiger partial charge on any atom is 0.171 e. The van der Waals surface area contributed by atoms with Gasteiger partial charge in [-0.1, -0.05) is 23.4 Å². The molecule has 0 aliphatic rings. The van der Waals surface area contributed by atoms with Crippen molar-refractivity contribution in [2.24, 2.45) is 0 Å². The summed E-state index contributed by atoms with van der Waals surface area (Å²) in [4.78, 5) is 13.0. The first kappa shape index (κ1) is 14.2. The van der Waals surface area contributed by atoms with Gasteiger partial charge in [0.1, 0.15) is 10.9 Å². The fourth-order valence-corrected chi connectivity index (χ4v) is 3.09. The van der Waals surface area contributed by atoms with Crippen LogP contribution in [0.15, 0.2) is 40.5 Å². The van der Waals surface area contributed by atoms with Crippen LogP contribution in [0, 0.1) is 6.92 Å². The van der Waals surface area contributed by atoms with Crippen molar-refractivity contribution in [3.63, 3.8) is 0 Å². The highest BCUT2D eigenvalue weighted by atomic mass is 35.5. The number of ether oxygens (including phenoxy) is 1. The number of aryl methyl sites for hydroxylation is 1. The molecule has 0 amide bonds. The molecular formula is C15H14ClN3OS. The van der Waals surface area contributed by atoms with Gasteiger partial charge in [-0.05, 0) is 37.6 Å². The average Bonchev–Trinajstić information content (AvgIpc) is 2.85. The molecule has 0 atom stereocenters. The van der Waals surface area contributed by atoms with Gasteiger partial charge in [-0.3, -0.25) is 0 Å². The topological polar surface area (TPSA) is 50.8 Å². The summed E-state index contributed by atoms with van der Waals surface area (Å²) < 4.78 is 5.50. The predicted molar refractivity (Wildman–Crippen MR) is 85.4 cm³/mol. The van der Waals surface area contributed by atoms with Crippen molar-refractivity contribution in [3.05, 3.63) is 41.2 Å². The number of H-pyrrole nitrogens is 1. The number of rotatable bonds is 4. The molecule has 0 radical (unpaired) electrons. The van der Waals surface area contributed by atoms with E-state index < -0.39 is 0 Å². The number of hydrogen-bond acceptors (Lipinski definition) is 4. The van der Waals surface area contributed by atoms with Crippen LogP contribution in [-0.2, 0) is 0 Å². The van der Waals surface area contributed by atoms with Gasteiger partial charge in [-0.2, -0.15) is 0 Å². The molecular weight excluding hydrogens is 306 g/mol. The maximum atomic E-state index is 5.95. The molecule has 3 rings (SSSR count). The highest BCUT2D eigenvalue weighted by Gasteiger charge is 2.08. The number of fused-ring (bicyclic) bond motifs is 1. The van der Waals surface area contributed by atoms with E-state index in [0.717, 1.165) is 32.4 Å². The molecule has 1 N–H and O–H groups in total. The zero-order valence-electron chi connectivity index (χ0n) is 11.7. The van der Waals surface area contributed by atoms with Crippen LogP contribution < -0.4 is 4.74 Å². The molecule has 0 aliphatic heterocycles. The molecule has 108 valence electrons. The fraction of sp³-hybridized carbons (Fsp3) is 0.200. The first-order valence-corrected chi connectivity index (χ1v) is 7.77. The minimum atomic E-state index is 0.484. The number of aromatic amines is 1. The molecule has 0 unspecified atom stereocenters. The van der Waals surface area contributed by atoms with Crippen molar-refractivity contribution in [1.82, 2.24) is 15.0 Å². The summed E-state index contributed by atoms with van der Waals surface area (Å²) in [6.07, 6.45) is 1.76. The lowest BCUT2D eigenvalue weighted by Gasteiger charge is -2.02. The van der Waals surface area contributed by atoms with Crippen molar-refractivity contribution >= 4 is 34.4 Å². The molecule has 2 aromatic heterocycles. The minimum Gasteiger partial charge on any atom is -0.494 e. The Bertz CT molecular complexity index is 788. The Kier molecular flexibility index (Phi) is 4.03. The molecule has 4 nitrogen and oxygen atoms in total. The van der Waals surface area contributed by atoms with Gasteiger partial charge in [0.05, 0.1) is 17.6 Å². The summed E-state index contributed by atoms with van der Waals surface area (Å²) in [5, 5.41) is 1.31. The number of benzene rings is 1. The van der Waals surface area contributed by atoms with E-state index in [1.54, 1.807) is 18.0 Å². The second kappa shape index (κ2) is 5.95. The van der Waals surface area contributed by atoms with E-state index >= 15 is 0 Å². The number of pyridine rings is 1. The summed E-state index contributed by atoms with van der Waals surface area (Å²) in [7, 11) is 0. The quantitative estimate of drug-likeness (QED) is 0.721. The number of halogens is 1. The van der Waals surface area contributed by atoms with Crippen LogP contribution in [-0.4, -0.2) is 21.6 Å². The van der Waals surface area contributed by atoms with E-state index in [1.165, 1.54) is 0 Å². The predicted octanol–water partition coefficient (Wildman–Crippen LogP) is 4.47. The van der Waals surface area contributed by atoms with Crippen LogP contribution in [0.4, 0.5) is 0 Å². The summed E-state index contributed by atoms with van der Waals surface area (Å²) in [5.74, 6) is 0.841. The van der Waals surface area contributed by atoms with Gasteiger partial charge in [0.15, 0.2) is 5.16 Å². The van der Waals surface area contributed by atoms with Gasteiger partial charge in [0.2, 0.25) is 0 Å². The highest BCUT2D eigenvalue weighted by Crippen LogP contribution is 2.31. The average molecular weight is 320 g/mol. The molecule has 21 heavy (non-hydrogen) atoms. The van der Waals surface area contributed by atoms with Gasteiger partial charge in [-0.15, -0.1) is 0 Å². The largest absolute Gasteiger partial charge is 0.494 e. The van der Waals surface area contributed by atoms with E-state index in [-0.39, 0.29) is 0 Å². The minimum absolute atomic E-state index is 0.484. The Labute approximate surface area is 131 Å². The van der Waals surface area contributed by atoms with E-state index in [0.29, 0.717) is 11.8 Å². The fourth-order valence-electron chi connectivity index (χ4n) is 1.97. The molecule has 0 bridgehead atoms. The molecule has 0 spiro atoms. The van der Waals surface area contributed by atoms with Crippen molar-refractivity contribution < 1.29 is 4.74 Å². The van der Waals surface area contributed by atoms with Crippen LogP contribution in [0.3, 0.4) is 0 Å². The van der Waals surface area contributed by atoms with E-state index in [1.807, 2.05) is 38.1 Å². The monoisotopic (exact) mass is 319 g/mol. The lowest BCUT2D eigenvalue weighted by molar-refractivity contribution is 0.340. The molecule has 0 saturated heterocycles. The van der Waals surface area contributed by atoms with E-state index in [9.17, 15) is 0 Å². The smallest absolute Gasteiger partial charge is 0.171 e. The Morgan fingerprint density at radius 1 is 1.33 bits per heavy atom. The number of nitrogens with zero attached hydrogens (tertiary/aromatic N) is 2. The van der Waals surface area contributed by atoms with Gasteiger partial charge < -0.3 is 9.72 Å². The molecule has 0 aliphatic carbocycles. The number of hydrogen-bond donors (Lipinski definition) is 1. The van der Waals surface area contributed by atoms with E-state index in [4.69, 9.17) is 16.3 Å². The van der Waals surface area contributed by atoms with Crippen LogP contribution >= 0.6 is 23.4 Å².